The Morgan fingerprint density at radius 1 is 0.719 bits per heavy atom. The van der Waals surface area contributed by atoms with Crippen molar-refractivity contribution in [2.45, 2.75) is 96.8 Å². The third kappa shape index (κ3) is 12.0. The van der Waals surface area contributed by atoms with E-state index in [9.17, 15) is 5.11 Å². The number of hydrogen-bond acceptors (Lipinski definition) is 2. The average Bonchev–Trinajstić information content (AvgIpc) is 3.36. The maximum Gasteiger partial charge on any atom is 0.122 e. The summed E-state index contributed by atoms with van der Waals surface area (Å²) in [5.41, 5.74) is 1.89. The largest absolute Gasteiger partial charge is 0.507 e. The van der Waals surface area contributed by atoms with Gasteiger partial charge >= 0.3 is 0 Å². The third-order valence-electron chi connectivity index (χ3n) is 6.04. The summed E-state index contributed by atoms with van der Waals surface area (Å²) in [6.45, 7) is 3.07. The molecule has 2 nitrogen and oxygen atoms in total. The maximum atomic E-state index is 10.0. The van der Waals surface area contributed by atoms with Crippen LogP contribution in [0.25, 0.3) is 6.08 Å². The highest BCUT2D eigenvalue weighted by Crippen LogP contribution is 2.17. The molecular formula is C30H44O2. The van der Waals surface area contributed by atoms with Gasteiger partial charge < -0.3 is 9.84 Å². The van der Waals surface area contributed by atoms with E-state index >= 15 is 0 Å². The Hall–Kier alpha value is -2.22. The number of unbranched alkanes of at least 4 members (excludes halogenated alkanes) is 13. The molecule has 0 radical (unpaired) electrons. The van der Waals surface area contributed by atoms with Gasteiger partial charge in [-0.25, -0.2) is 0 Å². The highest BCUT2D eigenvalue weighted by Gasteiger charge is 1.99. The molecule has 0 bridgehead atoms. The van der Waals surface area contributed by atoms with E-state index in [2.05, 4.69) is 6.92 Å². The van der Waals surface area contributed by atoms with Gasteiger partial charge in [0.05, 0.1) is 6.61 Å². The predicted molar refractivity (Wildman–Crippen MR) is 139 cm³/mol. The van der Waals surface area contributed by atoms with Gasteiger partial charge in [0.15, 0.2) is 0 Å². The molecule has 1 aromatic rings. The van der Waals surface area contributed by atoms with Crippen molar-refractivity contribution in [3.8, 4) is 5.75 Å². The van der Waals surface area contributed by atoms with Crippen LogP contribution in [-0.4, -0.2) is 11.7 Å². The average molecular weight is 437 g/mol. The lowest BCUT2D eigenvalue weighted by molar-refractivity contribution is 0.304. The summed E-state index contributed by atoms with van der Waals surface area (Å²) >= 11 is 0. The van der Waals surface area contributed by atoms with Crippen LogP contribution >= 0.6 is 0 Å². The molecule has 1 aliphatic rings. The molecule has 0 unspecified atom stereocenters. The number of rotatable bonds is 18. The van der Waals surface area contributed by atoms with Crippen LogP contribution in [0.5, 0.6) is 5.75 Å². The minimum absolute atomic E-state index is 0.285. The molecule has 176 valence electrons. The van der Waals surface area contributed by atoms with Crippen LogP contribution in [0.15, 0.2) is 66.0 Å². The van der Waals surface area contributed by atoms with E-state index in [0.717, 1.165) is 29.9 Å². The lowest BCUT2D eigenvalue weighted by Gasteiger charge is -2.07. The van der Waals surface area contributed by atoms with Crippen LogP contribution in [0, 0.1) is 0 Å². The standard InChI is InChI=1S/C30H44O2/c1-2-3-4-5-6-7-8-9-10-11-12-13-14-17-26-32-29-23-20-27(21-24-29)22-25-30(31)28-18-15-16-19-28/h15-16,18-25,31H,2-14,17,26H2,1H3. The molecule has 1 aromatic carbocycles. The quantitative estimate of drug-likeness (QED) is 0.183. The van der Waals surface area contributed by atoms with Gasteiger partial charge in [-0.05, 0) is 30.2 Å². The molecule has 1 aliphatic carbocycles. The van der Waals surface area contributed by atoms with Crippen molar-refractivity contribution in [3.05, 3.63) is 71.5 Å². The van der Waals surface area contributed by atoms with E-state index in [0.29, 0.717) is 0 Å². The van der Waals surface area contributed by atoms with Crippen molar-refractivity contribution < 1.29 is 9.84 Å². The van der Waals surface area contributed by atoms with Gasteiger partial charge in [0.25, 0.3) is 0 Å². The van der Waals surface area contributed by atoms with Crippen LogP contribution in [0.2, 0.25) is 0 Å². The van der Waals surface area contributed by atoms with E-state index in [1.807, 2.05) is 54.6 Å². The van der Waals surface area contributed by atoms with Crippen LogP contribution < -0.4 is 4.74 Å². The number of aliphatic hydroxyl groups is 1. The zero-order valence-electron chi connectivity index (χ0n) is 20.2. The molecule has 0 atom stereocenters. The summed E-state index contributed by atoms with van der Waals surface area (Å²) in [4.78, 5) is 0. The maximum absolute atomic E-state index is 10.0. The molecule has 32 heavy (non-hydrogen) atoms. The molecule has 0 spiro atoms. The molecule has 2 heteroatoms. The topological polar surface area (TPSA) is 29.5 Å². The van der Waals surface area contributed by atoms with Gasteiger partial charge in [0, 0.05) is 5.57 Å². The summed E-state index contributed by atoms with van der Waals surface area (Å²) in [7, 11) is 0. The first-order chi connectivity index (χ1) is 15.8. The van der Waals surface area contributed by atoms with Crippen molar-refractivity contribution in [3.63, 3.8) is 0 Å². The van der Waals surface area contributed by atoms with Crippen LogP contribution in [0.1, 0.15) is 102 Å². The minimum Gasteiger partial charge on any atom is -0.507 e. The Balaban J connectivity index is 1.43. The molecule has 1 N–H and O–H groups in total. The van der Waals surface area contributed by atoms with Crippen molar-refractivity contribution in [2.24, 2.45) is 0 Å². The summed E-state index contributed by atoms with van der Waals surface area (Å²) < 4.78 is 5.87. The summed E-state index contributed by atoms with van der Waals surface area (Å²) in [5.74, 6) is 1.20. The van der Waals surface area contributed by atoms with Gasteiger partial charge in [0.2, 0.25) is 0 Å². The first kappa shape index (κ1) is 26.0. The van der Waals surface area contributed by atoms with Gasteiger partial charge in [-0.3, -0.25) is 0 Å². The van der Waals surface area contributed by atoms with Crippen LogP contribution in [-0.2, 0) is 0 Å². The van der Waals surface area contributed by atoms with Gasteiger partial charge in [-0.15, -0.1) is 0 Å². The third-order valence-corrected chi connectivity index (χ3v) is 6.04. The first-order valence-electron chi connectivity index (χ1n) is 13.0. The summed E-state index contributed by atoms with van der Waals surface area (Å²) in [6, 6.07) is 8.05. The van der Waals surface area contributed by atoms with Gasteiger partial charge in [-0.2, -0.15) is 0 Å². The van der Waals surface area contributed by atoms with E-state index in [-0.39, 0.29) is 5.76 Å². The second kappa shape index (κ2) is 17.3. The van der Waals surface area contributed by atoms with E-state index < -0.39 is 0 Å². The smallest absolute Gasteiger partial charge is 0.122 e. The molecule has 0 aliphatic heterocycles. The predicted octanol–water partition coefficient (Wildman–Crippen LogP) is 9.50. The summed E-state index contributed by atoms with van der Waals surface area (Å²) in [6.07, 6.45) is 30.5. The molecule has 0 saturated heterocycles. The molecule has 2 rings (SSSR count). The number of ether oxygens (including phenoxy) is 1. The van der Waals surface area contributed by atoms with E-state index in [4.69, 9.17) is 4.74 Å². The van der Waals surface area contributed by atoms with Crippen LogP contribution in [0.3, 0.4) is 0 Å². The molecule has 0 saturated carbocycles. The molecule has 0 fully saturated rings. The highest BCUT2D eigenvalue weighted by molar-refractivity contribution is 5.55. The van der Waals surface area contributed by atoms with Crippen molar-refractivity contribution >= 4 is 6.08 Å². The second-order valence-electron chi connectivity index (χ2n) is 8.91. The fraction of sp³-hybridized carbons (Fsp3) is 0.533. The molecule has 0 aromatic heterocycles. The fourth-order valence-electron chi connectivity index (χ4n) is 3.98. The molecular weight excluding hydrogens is 392 g/mol. The first-order valence-corrected chi connectivity index (χ1v) is 13.0. The highest BCUT2D eigenvalue weighted by atomic mass is 16.5. The van der Waals surface area contributed by atoms with Crippen LogP contribution in [0.4, 0.5) is 0 Å². The van der Waals surface area contributed by atoms with E-state index in [1.165, 1.54) is 83.5 Å². The fourth-order valence-corrected chi connectivity index (χ4v) is 3.98. The van der Waals surface area contributed by atoms with E-state index in [1.54, 1.807) is 6.08 Å². The Bertz CT molecular complexity index is 708. The summed E-state index contributed by atoms with van der Waals surface area (Å²) in [5, 5.41) is 10.0. The number of hydrogen-bond donors (Lipinski definition) is 1. The zero-order valence-corrected chi connectivity index (χ0v) is 20.2. The van der Waals surface area contributed by atoms with Gasteiger partial charge in [-0.1, -0.05) is 133 Å². The van der Waals surface area contributed by atoms with Crippen molar-refractivity contribution in [2.75, 3.05) is 6.61 Å². The Morgan fingerprint density at radius 2 is 1.22 bits per heavy atom. The minimum atomic E-state index is 0.285. The Labute approximate surface area is 196 Å². The monoisotopic (exact) mass is 436 g/mol. The number of allylic oxidation sites excluding steroid dienone is 6. The van der Waals surface area contributed by atoms with Gasteiger partial charge in [0.1, 0.15) is 11.5 Å². The lowest BCUT2D eigenvalue weighted by Crippen LogP contribution is -1.97. The lowest BCUT2D eigenvalue weighted by atomic mass is 10.0. The SMILES string of the molecule is CCCCCCCCCCCCCCCCOc1ccc(C=CC(O)=C2C=CC=C2)cc1. The second-order valence-corrected chi connectivity index (χ2v) is 8.91. The van der Waals surface area contributed by atoms with Crippen molar-refractivity contribution in [1.82, 2.24) is 0 Å². The normalized spacial score (nSPS) is 12.8. The molecule has 0 heterocycles. The number of aliphatic hydroxyl groups excluding tert-OH is 1. The van der Waals surface area contributed by atoms with Crippen molar-refractivity contribution in [1.29, 1.82) is 0 Å². The molecule has 0 amide bonds. The zero-order chi connectivity index (χ0) is 22.7. The number of benzene rings is 1. The Kier molecular flexibility index (Phi) is 14.1. The Morgan fingerprint density at radius 3 is 1.75 bits per heavy atom.